The van der Waals surface area contributed by atoms with Crippen LogP contribution in [0.2, 0.25) is 0 Å². The number of ether oxygens (including phenoxy) is 1. The van der Waals surface area contributed by atoms with E-state index in [1.807, 2.05) is 6.92 Å². The fraction of sp³-hybridized carbons (Fsp3) is 0.593. The highest BCUT2D eigenvalue weighted by atomic mass is 19.4. The Balaban J connectivity index is 1.52. The van der Waals surface area contributed by atoms with Crippen molar-refractivity contribution in [1.29, 1.82) is 0 Å². The number of urea groups is 1. The fourth-order valence-corrected chi connectivity index (χ4v) is 5.03. The monoisotopic (exact) mass is 562 g/mol. The zero-order valence-electron chi connectivity index (χ0n) is 22.4. The van der Waals surface area contributed by atoms with E-state index < -0.39 is 29.5 Å². The Hall–Kier alpha value is -3.05. The van der Waals surface area contributed by atoms with Crippen LogP contribution in [0.1, 0.15) is 42.9 Å². The Labute approximate surface area is 225 Å². The van der Waals surface area contributed by atoms with Gasteiger partial charge in [-0.1, -0.05) is 13.2 Å². The lowest BCUT2D eigenvalue weighted by Gasteiger charge is -2.43. The van der Waals surface area contributed by atoms with Crippen LogP contribution in [0.25, 0.3) is 0 Å². The number of carbonyl (C=O) groups is 1. The maximum Gasteiger partial charge on any atom is 0.416 e. The summed E-state index contributed by atoms with van der Waals surface area (Å²) in [4.78, 5) is 20.0. The van der Waals surface area contributed by atoms with Gasteiger partial charge in [-0.2, -0.15) is 26.3 Å². The predicted molar refractivity (Wildman–Crippen MR) is 135 cm³/mol. The molecule has 1 aromatic rings. The number of halogens is 6. The Morgan fingerprint density at radius 1 is 0.897 bits per heavy atom. The summed E-state index contributed by atoms with van der Waals surface area (Å²) in [5.74, 6) is 2.22. The molecule has 0 atom stereocenters. The number of piperazine rings is 1. The molecule has 2 fully saturated rings. The highest BCUT2D eigenvalue weighted by Gasteiger charge is 2.37. The highest BCUT2D eigenvalue weighted by molar-refractivity contribution is 5.74. The molecule has 2 heterocycles. The standard InChI is InChI=1S/C27H36F6N4O2/c1-5-39-19(2)14-21-6-8-35(9-7-21)20(3)36-10-12-37(13-11-36)25(38)34(4)18-22-15-23(26(28,29)30)17-24(16-22)27(31,32)33/h15-17,21H,2-3,5-14,18H2,1,4H3. The summed E-state index contributed by atoms with van der Waals surface area (Å²) in [6.07, 6.45) is -7.03. The van der Waals surface area contributed by atoms with Gasteiger partial charge in [-0.15, -0.1) is 0 Å². The first kappa shape index (κ1) is 30.5. The third-order valence-electron chi connectivity index (χ3n) is 7.15. The SMILES string of the molecule is C=C(CC1CCN(C(=C)N2CCN(C(=O)N(C)Cc3cc(C(F)(F)F)cc(C(F)(F)F)c3)CC2)CC1)OCC. The molecule has 0 saturated carbocycles. The molecular weight excluding hydrogens is 526 g/mol. The summed E-state index contributed by atoms with van der Waals surface area (Å²) in [5.41, 5.74) is -3.04. The van der Waals surface area contributed by atoms with E-state index in [-0.39, 0.29) is 18.2 Å². The average molecular weight is 563 g/mol. The van der Waals surface area contributed by atoms with E-state index in [1.54, 1.807) is 4.90 Å². The summed E-state index contributed by atoms with van der Waals surface area (Å²) >= 11 is 0. The second kappa shape index (κ2) is 12.4. The minimum Gasteiger partial charge on any atom is -0.499 e. The van der Waals surface area contributed by atoms with Gasteiger partial charge in [0, 0.05) is 59.3 Å². The second-order valence-corrected chi connectivity index (χ2v) is 10.0. The van der Waals surface area contributed by atoms with Gasteiger partial charge in [-0.05, 0) is 49.4 Å². The molecule has 0 N–H and O–H groups in total. The lowest BCUT2D eigenvalue weighted by Crippen LogP contribution is -2.53. The fourth-order valence-electron chi connectivity index (χ4n) is 5.03. The topological polar surface area (TPSA) is 39.3 Å². The van der Waals surface area contributed by atoms with Crippen molar-refractivity contribution in [2.24, 2.45) is 5.92 Å². The highest BCUT2D eigenvalue weighted by Crippen LogP contribution is 2.36. The van der Waals surface area contributed by atoms with Crippen molar-refractivity contribution in [3.8, 4) is 0 Å². The Bertz CT molecular complexity index is 994. The number of carbonyl (C=O) groups excluding carboxylic acids is 1. The maximum atomic E-state index is 13.2. The number of rotatable bonds is 8. The first-order valence-electron chi connectivity index (χ1n) is 13.0. The number of benzene rings is 1. The van der Waals surface area contributed by atoms with Crippen LogP contribution < -0.4 is 0 Å². The molecule has 2 aliphatic heterocycles. The number of piperidine rings is 1. The number of nitrogens with zero attached hydrogens (tertiary/aromatic N) is 4. The van der Waals surface area contributed by atoms with Crippen molar-refractivity contribution in [1.82, 2.24) is 19.6 Å². The molecule has 0 aromatic heterocycles. The normalized spacial score (nSPS) is 17.3. The van der Waals surface area contributed by atoms with Gasteiger partial charge >= 0.3 is 18.4 Å². The number of hydrogen-bond donors (Lipinski definition) is 0. The predicted octanol–water partition coefficient (Wildman–Crippen LogP) is 6.02. The van der Waals surface area contributed by atoms with Crippen LogP contribution in [0.5, 0.6) is 0 Å². The molecule has 6 nitrogen and oxygen atoms in total. The zero-order chi connectivity index (χ0) is 29.0. The van der Waals surface area contributed by atoms with Crippen molar-refractivity contribution >= 4 is 6.03 Å². The van der Waals surface area contributed by atoms with Gasteiger partial charge in [0.25, 0.3) is 0 Å². The van der Waals surface area contributed by atoms with Crippen molar-refractivity contribution < 1.29 is 35.9 Å². The molecule has 3 rings (SSSR count). The van der Waals surface area contributed by atoms with Crippen molar-refractivity contribution in [3.63, 3.8) is 0 Å². The second-order valence-electron chi connectivity index (χ2n) is 10.0. The van der Waals surface area contributed by atoms with Crippen molar-refractivity contribution in [3.05, 3.63) is 59.6 Å². The third kappa shape index (κ3) is 8.22. The van der Waals surface area contributed by atoms with Crippen LogP contribution >= 0.6 is 0 Å². The van der Waals surface area contributed by atoms with Gasteiger partial charge in [0.05, 0.1) is 29.3 Å². The van der Waals surface area contributed by atoms with Gasteiger partial charge in [0.1, 0.15) is 0 Å². The van der Waals surface area contributed by atoms with Crippen LogP contribution in [0, 0.1) is 5.92 Å². The summed E-state index contributed by atoms with van der Waals surface area (Å²) in [7, 11) is 1.37. The quantitative estimate of drug-likeness (QED) is 0.287. The van der Waals surface area contributed by atoms with Gasteiger partial charge in [-0.25, -0.2) is 4.79 Å². The van der Waals surface area contributed by atoms with E-state index >= 15 is 0 Å². The molecule has 0 spiro atoms. The van der Waals surface area contributed by atoms with E-state index in [4.69, 9.17) is 4.74 Å². The first-order chi connectivity index (χ1) is 18.2. The van der Waals surface area contributed by atoms with E-state index in [1.165, 1.54) is 7.05 Å². The van der Waals surface area contributed by atoms with Gasteiger partial charge in [0.15, 0.2) is 0 Å². The molecule has 218 valence electrons. The molecule has 0 aliphatic carbocycles. The lowest BCUT2D eigenvalue weighted by molar-refractivity contribution is -0.143. The van der Waals surface area contributed by atoms with Gasteiger partial charge in [0.2, 0.25) is 0 Å². The molecule has 12 heteroatoms. The van der Waals surface area contributed by atoms with Crippen LogP contribution in [0.15, 0.2) is 42.9 Å². The summed E-state index contributed by atoms with van der Waals surface area (Å²) in [5, 5.41) is 0. The summed E-state index contributed by atoms with van der Waals surface area (Å²) in [6, 6.07) is 0.923. The van der Waals surface area contributed by atoms with Crippen molar-refractivity contribution in [2.45, 2.75) is 45.1 Å². The molecule has 0 radical (unpaired) electrons. The van der Waals surface area contributed by atoms with E-state index in [0.29, 0.717) is 50.8 Å². The molecule has 2 aliphatic rings. The van der Waals surface area contributed by atoms with E-state index in [2.05, 4.69) is 23.0 Å². The molecule has 39 heavy (non-hydrogen) atoms. The zero-order valence-corrected chi connectivity index (χ0v) is 22.4. The van der Waals surface area contributed by atoms with Crippen LogP contribution in [0.4, 0.5) is 31.1 Å². The van der Waals surface area contributed by atoms with Gasteiger partial charge < -0.3 is 24.3 Å². The largest absolute Gasteiger partial charge is 0.499 e. The van der Waals surface area contributed by atoms with Crippen LogP contribution in [0.3, 0.4) is 0 Å². The lowest BCUT2D eigenvalue weighted by atomic mass is 9.93. The Kier molecular flexibility index (Phi) is 9.71. The summed E-state index contributed by atoms with van der Waals surface area (Å²) in [6.45, 7) is 13.9. The first-order valence-corrected chi connectivity index (χ1v) is 13.0. The number of allylic oxidation sites excluding steroid dienone is 1. The van der Waals surface area contributed by atoms with E-state index in [0.717, 1.165) is 48.8 Å². The minimum absolute atomic E-state index is 0.0808. The molecular formula is C27H36F6N4O2. The molecule has 0 bridgehead atoms. The Morgan fingerprint density at radius 2 is 1.38 bits per heavy atom. The third-order valence-corrected chi connectivity index (χ3v) is 7.15. The van der Waals surface area contributed by atoms with Crippen molar-refractivity contribution in [2.75, 3.05) is 52.9 Å². The molecule has 2 saturated heterocycles. The molecule has 0 unspecified atom stereocenters. The number of alkyl halides is 6. The van der Waals surface area contributed by atoms with E-state index in [9.17, 15) is 31.1 Å². The maximum absolute atomic E-state index is 13.2. The number of likely N-dealkylation sites (tertiary alicyclic amines) is 1. The number of hydrogen-bond acceptors (Lipinski definition) is 4. The number of amides is 2. The molecule has 2 amide bonds. The molecule has 1 aromatic carbocycles. The minimum atomic E-state index is -4.94. The summed E-state index contributed by atoms with van der Waals surface area (Å²) < 4.78 is 84.5. The Morgan fingerprint density at radius 3 is 1.87 bits per heavy atom. The van der Waals surface area contributed by atoms with Crippen LogP contribution in [-0.4, -0.2) is 78.6 Å². The smallest absolute Gasteiger partial charge is 0.416 e. The average Bonchev–Trinajstić information content (AvgIpc) is 2.87. The van der Waals surface area contributed by atoms with Crippen LogP contribution in [-0.2, 0) is 23.6 Å². The van der Waals surface area contributed by atoms with Gasteiger partial charge in [-0.3, -0.25) is 0 Å².